The Morgan fingerprint density at radius 2 is 2.10 bits per heavy atom. The van der Waals surface area contributed by atoms with Crippen LogP contribution >= 0.6 is 0 Å². The van der Waals surface area contributed by atoms with Gasteiger partial charge in [-0.2, -0.15) is 0 Å². The highest BCUT2D eigenvalue weighted by molar-refractivity contribution is 5.86. The van der Waals surface area contributed by atoms with Crippen molar-refractivity contribution in [2.24, 2.45) is 23.7 Å². The van der Waals surface area contributed by atoms with Crippen molar-refractivity contribution in [1.29, 1.82) is 0 Å². The summed E-state index contributed by atoms with van der Waals surface area (Å²) in [7, 11) is 0. The third kappa shape index (κ3) is 1.84. The van der Waals surface area contributed by atoms with Gasteiger partial charge in [0.15, 0.2) is 0 Å². The van der Waals surface area contributed by atoms with Gasteiger partial charge >= 0.3 is 5.97 Å². The molecule has 2 N–H and O–H groups in total. The number of aliphatic carboxylic acids is 1. The van der Waals surface area contributed by atoms with E-state index in [9.17, 15) is 4.79 Å². The second-order valence-electron chi connectivity index (χ2n) is 6.38. The summed E-state index contributed by atoms with van der Waals surface area (Å²) in [4.78, 5) is 11.0. The number of nitrogens with one attached hydrogen (secondary N) is 1. The van der Waals surface area contributed by atoms with Crippen LogP contribution < -0.4 is 5.32 Å². The third-order valence-corrected chi connectivity index (χ3v) is 5.37. The first-order valence-corrected chi connectivity index (χ1v) is 7.49. The van der Waals surface area contributed by atoms with E-state index in [-0.39, 0.29) is 0 Å². The average molecular weight is 269 g/mol. The van der Waals surface area contributed by atoms with Crippen LogP contribution in [0.2, 0.25) is 0 Å². The molecule has 104 valence electrons. The Morgan fingerprint density at radius 1 is 1.30 bits per heavy atom. The van der Waals surface area contributed by atoms with E-state index in [0.717, 1.165) is 30.6 Å². The molecule has 4 rings (SSSR count). The van der Waals surface area contributed by atoms with Gasteiger partial charge < -0.3 is 10.4 Å². The zero-order valence-corrected chi connectivity index (χ0v) is 11.3. The number of fused-ring (bicyclic) bond motifs is 3. The molecule has 0 spiro atoms. The standard InChI is InChI=1S/C17H19NO2/c19-17(20)15-9-13-14(18-15)8-12-11(16(12)13)7-6-10-4-2-1-3-5-10/h1-5,9,11-14,16,18H,6-8H2,(H,19,20)/t11?,12-,13?,14?,16?/m1/s1. The number of benzene rings is 1. The SMILES string of the molecule is O=C(O)C1=CC2C(C[C@@H]3C(CCc4ccccc4)C23)N1. The topological polar surface area (TPSA) is 49.3 Å². The molecule has 3 heteroatoms. The molecule has 3 aliphatic rings. The fourth-order valence-corrected chi connectivity index (χ4v) is 4.44. The van der Waals surface area contributed by atoms with E-state index in [4.69, 9.17) is 5.11 Å². The van der Waals surface area contributed by atoms with Gasteiger partial charge in [-0.25, -0.2) is 4.79 Å². The Morgan fingerprint density at radius 3 is 2.85 bits per heavy atom. The van der Waals surface area contributed by atoms with Crippen LogP contribution in [-0.2, 0) is 11.2 Å². The maximum absolute atomic E-state index is 11.0. The van der Waals surface area contributed by atoms with Gasteiger partial charge in [0.25, 0.3) is 0 Å². The minimum atomic E-state index is -0.808. The summed E-state index contributed by atoms with van der Waals surface area (Å²) in [5, 5.41) is 12.2. The average Bonchev–Trinajstić information content (AvgIpc) is 2.81. The van der Waals surface area contributed by atoms with Crippen molar-refractivity contribution >= 4 is 5.97 Å². The van der Waals surface area contributed by atoms with Crippen molar-refractivity contribution < 1.29 is 9.90 Å². The van der Waals surface area contributed by atoms with Gasteiger partial charge in [0, 0.05) is 12.0 Å². The molecule has 3 nitrogen and oxygen atoms in total. The van der Waals surface area contributed by atoms with Crippen molar-refractivity contribution in [1.82, 2.24) is 5.32 Å². The molecule has 0 radical (unpaired) electrons. The largest absolute Gasteiger partial charge is 0.477 e. The van der Waals surface area contributed by atoms with Crippen LogP contribution in [0.25, 0.3) is 0 Å². The summed E-state index contributed by atoms with van der Waals surface area (Å²) in [6, 6.07) is 11.0. The van der Waals surface area contributed by atoms with Crippen LogP contribution in [0.3, 0.4) is 0 Å². The second kappa shape index (κ2) is 4.37. The summed E-state index contributed by atoms with van der Waals surface area (Å²) in [5.41, 5.74) is 1.84. The first kappa shape index (κ1) is 12.0. The van der Waals surface area contributed by atoms with Gasteiger partial charge in [0.1, 0.15) is 5.70 Å². The van der Waals surface area contributed by atoms with E-state index >= 15 is 0 Å². The minimum Gasteiger partial charge on any atom is -0.477 e. The van der Waals surface area contributed by atoms with Crippen molar-refractivity contribution in [3.63, 3.8) is 0 Å². The van der Waals surface area contributed by atoms with Crippen molar-refractivity contribution in [3.05, 3.63) is 47.7 Å². The van der Waals surface area contributed by atoms with Crippen molar-refractivity contribution in [3.8, 4) is 0 Å². The summed E-state index contributed by atoms with van der Waals surface area (Å²) in [5.74, 6) is 2.02. The van der Waals surface area contributed by atoms with Crippen LogP contribution in [0.4, 0.5) is 0 Å². The summed E-state index contributed by atoms with van der Waals surface area (Å²) >= 11 is 0. The highest BCUT2D eigenvalue weighted by atomic mass is 16.4. The van der Waals surface area contributed by atoms with E-state index in [2.05, 4.69) is 35.6 Å². The molecular formula is C17H19NO2. The number of aryl methyl sites for hydroxylation is 1. The van der Waals surface area contributed by atoms with Gasteiger partial charge in [-0.1, -0.05) is 30.3 Å². The van der Waals surface area contributed by atoms with Crippen molar-refractivity contribution in [2.45, 2.75) is 25.3 Å². The third-order valence-electron chi connectivity index (χ3n) is 5.37. The van der Waals surface area contributed by atoms with E-state index in [1.165, 1.54) is 12.0 Å². The molecule has 0 amide bonds. The number of carbonyl (C=O) groups is 1. The molecule has 0 saturated heterocycles. The van der Waals surface area contributed by atoms with Gasteiger partial charge in [-0.15, -0.1) is 0 Å². The number of hydrogen-bond donors (Lipinski definition) is 2. The molecule has 2 saturated carbocycles. The van der Waals surface area contributed by atoms with E-state index in [1.807, 2.05) is 6.08 Å². The minimum absolute atomic E-state index is 0.393. The van der Waals surface area contributed by atoms with Gasteiger partial charge in [0.05, 0.1) is 0 Å². The quantitative estimate of drug-likeness (QED) is 0.882. The fourth-order valence-electron chi connectivity index (χ4n) is 4.44. The highest BCUT2D eigenvalue weighted by Gasteiger charge is 2.61. The second-order valence-corrected chi connectivity index (χ2v) is 6.38. The maximum Gasteiger partial charge on any atom is 0.351 e. The molecule has 0 aromatic heterocycles. The van der Waals surface area contributed by atoms with Gasteiger partial charge in [-0.05, 0) is 48.7 Å². The lowest BCUT2D eigenvalue weighted by atomic mass is 9.94. The summed E-state index contributed by atoms with van der Waals surface area (Å²) in [6.45, 7) is 0. The highest BCUT2D eigenvalue weighted by Crippen LogP contribution is 2.63. The molecule has 4 unspecified atom stereocenters. The van der Waals surface area contributed by atoms with Gasteiger partial charge in [-0.3, -0.25) is 0 Å². The van der Waals surface area contributed by atoms with Crippen LogP contribution in [0.1, 0.15) is 18.4 Å². The molecule has 2 aliphatic carbocycles. The van der Waals surface area contributed by atoms with E-state index < -0.39 is 5.97 Å². The molecule has 1 aliphatic heterocycles. The summed E-state index contributed by atoms with van der Waals surface area (Å²) < 4.78 is 0. The van der Waals surface area contributed by atoms with E-state index in [1.54, 1.807) is 0 Å². The normalized spacial score (nSPS) is 36.8. The molecular weight excluding hydrogens is 250 g/mol. The maximum atomic E-state index is 11.0. The fraction of sp³-hybridized carbons (Fsp3) is 0.471. The van der Waals surface area contributed by atoms with Crippen LogP contribution in [0.15, 0.2) is 42.1 Å². The van der Waals surface area contributed by atoms with Gasteiger partial charge in [0.2, 0.25) is 0 Å². The molecule has 2 fully saturated rings. The molecule has 0 bridgehead atoms. The van der Waals surface area contributed by atoms with Crippen LogP contribution in [0, 0.1) is 23.7 Å². The Bertz CT molecular complexity index is 566. The number of hydrogen-bond acceptors (Lipinski definition) is 2. The number of carboxylic acids is 1. The zero-order chi connectivity index (χ0) is 13.7. The molecule has 5 atom stereocenters. The zero-order valence-electron chi connectivity index (χ0n) is 11.3. The molecule has 20 heavy (non-hydrogen) atoms. The Balaban J connectivity index is 1.38. The van der Waals surface area contributed by atoms with E-state index in [0.29, 0.717) is 17.7 Å². The van der Waals surface area contributed by atoms with Crippen LogP contribution in [0.5, 0.6) is 0 Å². The molecule has 1 aromatic rings. The monoisotopic (exact) mass is 269 g/mol. The molecule has 1 aromatic carbocycles. The lowest BCUT2D eigenvalue weighted by molar-refractivity contribution is -0.133. The Kier molecular flexibility index (Phi) is 2.62. The lowest BCUT2D eigenvalue weighted by Gasteiger charge is -2.16. The Hall–Kier alpha value is -1.77. The lowest BCUT2D eigenvalue weighted by Crippen LogP contribution is -2.29. The van der Waals surface area contributed by atoms with Crippen LogP contribution in [-0.4, -0.2) is 17.1 Å². The summed E-state index contributed by atoms with van der Waals surface area (Å²) in [6.07, 6.45) is 5.53. The molecule has 1 heterocycles. The van der Waals surface area contributed by atoms with Crippen molar-refractivity contribution in [2.75, 3.05) is 0 Å². The predicted molar refractivity (Wildman–Crippen MR) is 76.0 cm³/mol. The smallest absolute Gasteiger partial charge is 0.351 e. The number of carboxylic acid groups (broad SMARTS) is 1. The predicted octanol–water partition coefficient (Wildman–Crippen LogP) is 2.44. The number of rotatable bonds is 4. The first-order valence-electron chi connectivity index (χ1n) is 7.49. The first-order chi connectivity index (χ1) is 9.74. The Labute approximate surface area is 118 Å².